The van der Waals surface area contributed by atoms with Gasteiger partial charge in [-0.2, -0.15) is 0 Å². The maximum absolute atomic E-state index is 10.7. The number of benzene rings is 1. The molecule has 1 rings (SSSR count). The molecular weight excluding hydrogens is 230 g/mol. The summed E-state index contributed by atoms with van der Waals surface area (Å²) in [6.45, 7) is 0. The Bertz CT molecular complexity index is 458. The van der Waals surface area contributed by atoms with Gasteiger partial charge >= 0.3 is 11.9 Å². The summed E-state index contributed by atoms with van der Waals surface area (Å²) in [5.41, 5.74) is 5.17. The molecule has 6 N–H and O–H groups in total. The second kappa shape index (κ2) is 4.81. The van der Waals surface area contributed by atoms with Crippen molar-refractivity contribution < 1.29 is 30.0 Å². The Morgan fingerprint density at radius 3 is 2.18 bits per heavy atom. The van der Waals surface area contributed by atoms with E-state index in [2.05, 4.69) is 0 Å². The third-order valence-corrected chi connectivity index (χ3v) is 2.20. The number of anilines is 1. The predicted molar refractivity (Wildman–Crippen MR) is 56.4 cm³/mol. The smallest absolute Gasteiger partial charge is 0.337 e. The van der Waals surface area contributed by atoms with E-state index >= 15 is 0 Å². The van der Waals surface area contributed by atoms with Crippen molar-refractivity contribution in [3.8, 4) is 0 Å². The number of hydrogen-bond donors (Lipinski definition) is 5. The first-order valence-electron chi connectivity index (χ1n) is 4.56. The first-order valence-corrected chi connectivity index (χ1v) is 4.56. The zero-order chi connectivity index (χ0) is 13.2. The van der Waals surface area contributed by atoms with Gasteiger partial charge in [0, 0.05) is 5.69 Å². The Hall–Kier alpha value is -2.12. The largest absolute Gasteiger partial charge is 0.479 e. The van der Waals surface area contributed by atoms with Gasteiger partial charge in [-0.25, -0.2) is 9.59 Å². The van der Waals surface area contributed by atoms with Gasteiger partial charge in [0.1, 0.15) is 6.10 Å². The molecule has 17 heavy (non-hydrogen) atoms. The van der Waals surface area contributed by atoms with E-state index in [4.69, 9.17) is 21.1 Å². The second-order valence-corrected chi connectivity index (χ2v) is 3.38. The summed E-state index contributed by atoms with van der Waals surface area (Å²) in [4.78, 5) is 21.1. The number of aliphatic carboxylic acids is 1. The molecule has 92 valence electrons. The summed E-state index contributed by atoms with van der Waals surface area (Å²) in [5, 5.41) is 35.8. The first kappa shape index (κ1) is 12.9. The lowest BCUT2D eigenvalue weighted by molar-refractivity contribution is -0.153. The van der Waals surface area contributed by atoms with Crippen LogP contribution in [0.15, 0.2) is 18.2 Å². The van der Waals surface area contributed by atoms with Crippen molar-refractivity contribution in [2.24, 2.45) is 0 Å². The highest BCUT2D eigenvalue weighted by molar-refractivity contribution is 5.93. The van der Waals surface area contributed by atoms with E-state index in [1.807, 2.05) is 0 Å². The highest BCUT2D eigenvalue weighted by atomic mass is 16.4. The molecule has 0 aromatic heterocycles. The van der Waals surface area contributed by atoms with E-state index in [9.17, 15) is 14.7 Å². The van der Waals surface area contributed by atoms with Gasteiger partial charge in [0.2, 0.25) is 0 Å². The molecule has 2 unspecified atom stereocenters. The van der Waals surface area contributed by atoms with E-state index in [0.29, 0.717) is 0 Å². The fraction of sp³-hybridized carbons (Fsp3) is 0.200. The maximum atomic E-state index is 10.7. The Morgan fingerprint density at radius 2 is 1.76 bits per heavy atom. The van der Waals surface area contributed by atoms with Crippen LogP contribution in [0.2, 0.25) is 0 Å². The Labute approximate surface area is 95.7 Å². The Morgan fingerprint density at radius 1 is 1.18 bits per heavy atom. The van der Waals surface area contributed by atoms with E-state index in [0.717, 1.165) is 12.1 Å². The molecule has 0 saturated carbocycles. The minimum absolute atomic E-state index is 0.0300. The highest BCUT2D eigenvalue weighted by Gasteiger charge is 2.25. The number of aliphatic hydroxyl groups is 2. The van der Waals surface area contributed by atoms with Gasteiger partial charge < -0.3 is 26.2 Å². The average molecular weight is 241 g/mol. The summed E-state index contributed by atoms with van der Waals surface area (Å²) >= 11 is 0. The molecule has 0 amide bonds. The number of aromatic carboxylic acids is 1. The average Bonchev–Trinajstić information content (AvgIpc) is 2.26. The third kappa shape index (κ3) is 2.71. The molecule has 0 aliphatic heterocycles. The summed E-state index contributed by atoms with van der Waals surface area (Å²) < 4.78 is 0. The zero-order valence-electron chi connectivity index (χ0n) is 8.57. The van der Waals surface area contributed by atoms with Crippen LogP contribution in [0.4, 0.5) is 5.69 Å². The van der Waals surface area contributed by atoms with Crippen molar-refractivity contribution >= 4 is 17.6 Å². The van der Waals surface area contributed by atoms with Crippen molar-refractivity contribution in [2.75, 3.05) is 5.73 Å². The number of aliphatic hydroxyl groups excluding tert-OH is 2. The van der Waals surface area contributed by atoms with E-state index in [-0.39, 0.29) is 16.8 Å². The van der Waals surface area contributed by atoms with E-state index in [1.165, 1.54) is 6.07 Å². The molecule has 1 aromatic carbocycles. The van der Waals surface area contributed by atoms with Crippen LogP contribution in [0.5, 0.6) is 0 Å². The van der Waals surface area contributed by atoms with Crippen LogP contribution in [-0.2, 0) is 4.79 Å². The molecule has 2 atom stereocenters. The zero-order valence-corrected chi connectivity index (χ0v) is 8.57. The van der Waals surface area contributed by atoms with E-state index < -0.39 is 24.1 Å². The summed E-state index contributed by atoms with van der Waals surface area (Å²) in [5.74, 6) is -2.82. The second-order valence-electron chi connectivity index (χ2n) is 3.38. The Balaban J connectivity index is 3.05. The molecule has 0 fully saturated rings. The predicted octanol–water partition coefficient (Wildman–Crippen LogP) is -0.554. The first-order chi connectivity index (χ1) is 7.84. The van der Waals surface area contributed by atoms with Gasteiger partial charge in [0.25, 0.3) is 0 Å². The number of nitrogens with two attached hydrogens (primary N) is 1. The molecule has 0 saturated heterocycles. The number of rotatable bonds is 4. The number of carbonyl (C=O) groups is 2. The molecular formula is C10H11NO6. The van der Waals surface area contributed by atoms with E-state index in [1.54, 1.807) is 0 Å². The van der Waals surface area contributed by atoms with Crippen molar-refractivity contribution in [1.82, 2.24) is 0 Å². The number of carboxylic acids is 2. The van der Waals surface area contributed by atoms with Crippen LogP contribution in [0.3, 0.4) is 0 Å². The molecule has 0 bridgehead atoms. The highest BCUT2D eigenvalue weighted by Crippen LogP contribution is 2.22. The lowest BCUT2D eigenvalue weighted by atomic mass is 10.0. The monoisotopic (exact) mass is 241 g/mol. The Kier molecular flexibility index (Phi) is 3.66. The number of nitrogen functional groups attached to an aromatic ring is 1. The van der Waals surface area contributed by atoms with Gasteiger partial charge in [0.05, 0.1) is 5.56 Å². The SMILES string of the molecule is Nc1cc(C(O)C(O)C(=O)O)ccc1C(=O)O. The summed E-state index contributed by atoms with van der Waals surface area (Å²) in [7, 11) is 0. The molecule has 0 aliphatic rings. The quantitative estimate of drug-likeness (QED) is 0.445. The van der Waals surface area contributed by atoms with Gasteiger partial charge in [-0.3, -0.25) is 0 Å². The lowest BCUT2D eigenvalue weighted by Crippen LogP contribution is -2.27. The third-order valence-electron chi connectivity index (χ3n) is 2.20. The topological polar surface area (TPSA) is 141 Å². The van der Waals surface area contributed by atoms with Crippen LogP contribution in [0.25, 0.3) is 0 Å². The molecule has 1 aromatic rings. The van der Waals surface area contributed by atoms with Crippen molar-refractivity contribution in [3.05, 3.63) is 29.3 Å². The van der Waals surface area contributed by atoms with Crippen LogP contribution < -0.4 is 5.73 Å². The van der Waals surface area contributed by atoms with Crippen molar-refractivity contribution in [2.45, 2.75) is 12.2 Å². The van der Waals surface area contributed by atoms with Gasteiger partial charge in [0.15, 0.2) is 6.10 Å². The van der Waals surface area contributed by atoms with Crippen LogP contribution in [-0.4, -0.2) is 38.5 Å². The van der Waals surface area contributed by atoms with Crippen LogP contribution in [0.1, 0.15) is 22.0 Å². The summed E-state index contributed by atoms with van der Waals surface area (Å²) in [6, 6.07) is 3.43. The van der Waals surface area contributed by atoms with Crippen LogP contribution >= 0.6 is 0 Å². The molecule has 7 nitrogen and oxygen atoms in total. The normalized spacial score (nSPS) is 14.0. The maximum Gasteiger partial charge on any atom is 0.337 e. The minimum Gasteiger partial charge on any atom is -0.479 e. The lowest BCUT2D eigenvalue weighted by Gasteiger charge is -2.15. The van der Waals surface area contributed by atoms with Gasteiger partial charge in [-0.1, -0.05) is 6.07 Å². The van der Waals surface area contributed by atoms with Crippen molar-refractivity contribution in [3.63, 3.8) is 0 Å². The fourth-order valence-electron chi connectivity index (χ4n) is 1.28. The number of hydrogen-bond acceptors (Lipinski definition) is 5. The van der Waals surface area contributed by atoms with Crippen LogP contribution in [0, 0.1) is 0 Å². The van der Waals surface area contributed by atoms with Gasteiger partial charge in [-0.15, -0.1) is 0 Å². The summed E-state index contributed by atoms with van der Waals surface area (Å²) in [6.07, 6.45) is -3.66. The molecule has 0 spiro atoms. The minimum atomic E-state index is -2.00. The van der Waals surface area contributed by atoms with Crippen molar-refractivity contribution in [1.29, 1.82) is 0 Å². The molecule has 7 heteroatoms. The molecule has 0 heterocycles. The fourth-order valence-corrected chi connectivity index (χ4v) is 1.28. The standard InChI is InChI=1S/C10H11NO6/c11-6-3-4(1-2-5(6)9(14)15)7(12)8(13)10(16)17/h1-3,7-8,12-13H,11H2,(H,14,15)(H,16,17). The van der Waals surface area contributed by atoms with Gasteiger partial charge in [-0.05, 0) is 17.7 Å². The molecule has 0 aliphatic carbocycles. The number of carboxylic acid groups (broad SMARTS) is 2. The molecule has 0 radical (unpaired) electrons.